The smallest absolute Gasteiger partial charge is 0.409 e. The number of pyridine rings is 1. The van der Waals surface area contributed by atoms with Crippen molar-refractivity contribution in [1.29, 1.82) is 0 Å². The van der Waals surface area contributed by atoms with Gasteiger partial charge in [-0.2, -0.15) is 0 Å². The molecule has 3 rings (SSSR count). The Balaban J connectivity index is 0.00000154. The second-order valence-corrected chi connectivity index (χ2v) is 9.53. The molecule has 1 fully saturated rings. The Morgan fingerprint density at radius 1 is 1.22 bits per heavy atom. The minimum absolute atomic E-state index is 0.124. The number of carbonyl (C=O) groups is 1. The predicted octanol–water partition coefficient (Wildman–Crippen LogP) is 7.75. The van der Waals surface area contributed by atoms with Gasteiger partial charge in [0, 0.05) is 19.6 Å². The lowest BCUT2D eigenvalue weighted by Gasteiger charge is -2.40. The number of amides is 1. The van der Waals surface area contributed by atoms with E-state index in [9.17, 15) is 9.18 Å². The summed E-state index contributed by atoms with van der Waals surface area (Å²) >= 11 is 10.8. The Kier molecular flexibility index (Phi) is 15.3. The summed E-state index contributed by atoms with van der Waals surface area (Å²) in [5.41, 5.74) is 0.124. The first-order valence-electron chi connectivity index (χ1n) is 12.6. The van der Waals surface area contributed by atoms with E-state index in [1.165, 1.54) is 11.8 Å². The summed E-state index contributed by atoms with van der Waals surface area (Å²) in [6.07, 6.45) is 5.41. The van der Waals surface area contributed by atoms with Gasteiger partial charge in [-0.15, -0.1) is 0 Å². The van der Waals surface area contributed by atoms with E-state index in [0.29, 0.717) is 47.2 Å². The third-order valence-electron chi connectivity index (χ3n) is 5.02. The Morgan fingerprint density at radius 3 is 2.53 bits per heavy atom. The first kappa shape index (κ1) is 32.4. The maximum Gasteiger partial charge on any atom is 0.409 e. The second kappa shape index (κ2) is 17.0. The van der Waals surface area contributed by atoms with Gasteiger partial charge < -0.3 is 14.5 Å². The monoisotopic (exact) mass is 605 g/mol. The van der Waals surface area contributed by atoms with Crippen molar-refractivity contribution in [2.45, 2.75) is 72.5 Å². The van der Waals surface area contributed by atoms with Crippen molar-refractivity contribution >= 4 is 62.1 Å². The third-order valence-corrected chi connectivity index (χ3v) is 6.58. The Bertz CT molecular complexity index is 1010. The zero-order chi connectivity index (χ0) is 27.3. The second-order valence-electron chi connectivity index (χ2n) is 7.19. The maximum absolute atomic E-state index is 14.9. The van der Waals surface area contributed by atoms with Crippen molar-refractivity contribution in [3.8, 4) is 0 Å². The number of ether oxygens (including phenoxy) is 1. The van der Waals surface area contributed by atoms with Crippen molar-refractivity contribution in [3.05, 3.63) is 27.7 Å². The van der Waals surface area contributed by atoms with Crippen LogP contribution in [0.4, 0.5) is 15.0 Å². The van der Waals surface area contributed by atoms with Crippen LogP contribution in [0, 0.1) is 5.82 Å². The molecule has 0 bridgehead atoms. The standard InChI is InChI=1S/C21H26BrClFN5O2S.2C2H6/c1-4-7-11-31-21(30)28-9-10-29(13(12-28)8-5-2)19-14-16(25-20(27-19)32-6-3)15(24)18(23)26-17(14)22;2*1-2/h5,8,13H,4,6-7,9-12H2,1-3H3;2*1-2H3/b8-5-;;. The van der Waals surface area contributed by atoms with Gasteiger partial charge in [0.25, 0.3) is 0 Å². The van der Waals surface area contributed by atoms with Gasteiger partial charge in [0.15, 0.2) is 16.1 Å². The van der Waals surface area contributed by atoms with Crippen LogP contribution in [0.2, 0.25) is 5.15 Å². The number of hydrogen-bond acceptors (Lipinski definition) is 7. The zero-order valence-corrected chi connectivity index (χ0v) is 25.4. The number of allylic oxidation sites excluding steroid dienone is 1. The molecule has 2 aromatic heterocycles. The molecule has 0 aliphatic carbocycles. The molecule has 1 amide bonds. The number of anilines is 1. The van der Waals surface area contributed by atoms with Crippen molar-refractivity contribution in [2.24, 2.45) is 0 Å². The first-order valence-corrected chi connectivity index (χ1v) is 14.7. The van der Waals surface area contributed by atoms with E-state index in [0.717, 1.165) is 18.6 Å². The van der Waals surface area contributed by atoms with Crippen LogP contribution in [0.5, 0.6) is 0 Å². The molecule has 3 heterocycles. The fourth-order valence-corrected chi connectivity index (χ4v) is 4.87. The van der Waals surface area contributed by atoms with Gasteiger partial charge in [0.05, 0.1) is 18.0 Å². The van der Waals surface area contributed by atoms with E-state index < -0.39 is 5.82 Å². The molecular weight excluding hydrogens is 569 g/mol. The Hall–Kier alpha value is -1.65. The number of carbonyl (C=O) groups excluding carboxylic acids is 1. The fraction of sp³-hybridized carbons (Fsp3) is 0.600. The van der Waals surface area contributed by atoms with Gasteiger partial charge in [0.1, 0.15) is 15.9 Å². The van der Waals surface area contributed by atoms with E-state index in [1.54, 1.807) is 4.90 Å². The van der Waals surface area contributed by atoms with Crippen molar-refractivity contribution in [3.63, 3.8) is 0 Å². The fourth-order valence-electron chi connectivity index (χ4n) is 3.49. The maximum atomic E-state index is 14.9. The van der Waals surface area contributed by atoms with Gasteiger partial charge in [-0.3, -0.25) is 0 Å². The van der Waals surface area contributed by atoms with Crippen LogP contribution in [0.25, 0.3) is 10.9 Å². The van der Waals surface area contributed by atoms with E-state index >= 15 is 0 Å². The van der Waals surface area contributed by atoms with E-state index in [2.05, 4.69) is 37.7 Å². The van der Waals surface area contributed by atoms with Crippen molar-refractivity contribution in [2.75, 3.05) is 36.9 Å². The van der Waals surface area contributed by atoms with Gasteiger partial charge >= 0.3 is 6.09 Å². The lowest BCUT2D eigenvalue weighted by molar-refractivity contribution is 0.0958. The highest BCUT2D eigenvalue weighted by atomic mass is 79.9. The predicted molar refractivity (Wildman–Crippen MR) is 153 cm³/mol. The molecule has 1 atom stereocenters. The molecule has 0 spiro atoms. The largest absolute Gasteiger partial charge is 0.449 e. The number of piperazine rings is 1. The minimum Gasteiger partial charge on any atom is -0.449 e. The number of thioether (sulfide) groups is 1. The van der Waals surface area contributed by atoms with Gasteiger partial charge in [-0.1, -0.05) is 83.5 Å². The lowest BCUT2D eigenvalue weighted by atomic mass is 10.1. The minimum atomic E-state index is -0.674. The summed E-state index contributed by atoms with van der Waals surface area (Å²) in [5.74, 6) is 0.623. The summed E-state index contributed by atoms with van der Waals surface area (Å²) in [6.45, 7) is 15.8. The number of unbranched alkanes of at least 4 members (excludes halogenated alkanes) is 1. The molecule has 2 aromatic rings. The van der Waals surface area contributed by atoms with Crippen LogP contribution in [-0.2, 0) is 4.74 Å². The molecule has 202 valence electrons. The average Bonchev–Trinajstić information content (AvgIpc) is 2.89. The molecule has 0 radical (unpaired) electrons. The van der Waals surface area contributed by atoms with Crippen LogP contribution in [0.3, 0.4) is 0 Å². The van der Waals surface area contributed by atoms with Crippen LogP contribution in [0.15, 0.2) is 21.9 Å². The molecule has 1 unspecified atom stereocenters. The topological polar surface area (TPSA) is 71.5 Å². The van der Waals surface area contributed by atoms with E-state index in [4.69, 9.17) is 21.3 Å². The Morgan fingerprint density at radius 2 is 1.92 bits per heavy atom. The number of hydrogen-bond donors (Lipinski definition) is 0. The van der Waals surface area contributed by atoms with Crippen molar-refractivity contribution in [1.82, 2.24) is 19.9 Å². The summed E-state index contributed by atoms with van der Waals surface area (Å²) in [4.78, 5) is 29.5. The number of nitrogens with zero attached hydrogens (tertiary/aromatic N) is 5. The molecular formula is C25H38BrClFN5O2S. The molecule has 1 saturated heterocycles. The third kappa shape index (κ3) is 8.18. The van der Waals surface area contributed by atoms with Gasteiger partial charge in [-0.05, 0) is 35.0 Å². The zero-order valence-electron chi connectivity index (χ0n) is 22.3. The number of fused-ring (bicyclic) bond motifs is 1. The number of rotatable bonds is 7. The normalized spacial score (nSPS) is 15.3. The molecule has 0 N–H and O–H groups in total. The SMILES string of the molecule is C/C=C\C1CN(C(=O)OCCCC)CCN1c1nc(SCC)nc2c(F)c(Cl)nc(Br)c12.CC.CC. The van der Waals surface area contributed by atoms with Crippen LogP contribution in [-0.4, -0.2) is 64.0 Å². The molecule has 7 nitrogen and oxygen atoms in total. The summed E-state index contributed by atoms with van der Waals surface area (Å²) < 4.78 is 20.7. The van der Waals surface area contributed by atoms with Crippen molar-refractivity contribution < 1.29 is 13.9 Å². The highest BCUT2D eigenvalue weighted by Crippen LogP contribution is 2.36. The highest BCUT2D eigenvalue weighted by molar-refractivity contribution is 9.10. The summed E-state index contributed by atoms with van der Waals surface area (Å²) in [5, 5.41) is 0.677. The van der Waals surface area contributed by atoms with Gasteiger partial charge in [0.2, 0.25) is 0 Å². The molecule has 0 saturated carbocycles. The van der Waals surface area contributed by atoms with Crippen LogP contribution >= 0.6 is 39.3 Å². The number of aromatic nitrogens is 3. The molecule has 11 heteroatoms. The average molecular weight is 607 g/mol. The first-order chi connectivity index (χ1) is 17.4. The molecule has 36 heavy (non-hydrogen) atoms. The number of halogens is 3. The Labute approximate surface area is 232 Å². The molecule has 0 aromatic carbocycles. The summed E-state index contributed by atoms with van der Waals surface area (Å²) in [7, 11) is 0. The quantitative estimate of drug-likeness (QED) is 0.105. The van der Waals surface area contributed by atoms with Crippen LogP contribution < -0.4 is 4.90 Å². The highest BCUT2D eigenvalue weighted by Gasteiger charge is 2.32. The molecule has 1 aliphatic heterocycles. The summed E-state index contributed by atoms with van der Waals surface area (Å²) in [6, 6.07) is -0.171. The van der Waals surface area contributed by atoms with E-state index in [1.807, 2.05) is 53.7 Å². The lowest BCUT2D eigenvalue weighted by Crippen LogP contribution is -2.54. The molecule has 1 aliphatic rings. The van der Waals surface area contributed by atoms with Gasteiger partial charge in [-0.25, -0.2) is 24.1 Å². The van der Waals surface area contributed by atoms with E-state index in [-0.39, 0.29) is 22.8 Å². The van der Waals surface area contributed by atoms with Crippen LogP contribution in [0.1, 0.15) is 61.3 Å².